The van der Waals surface area contributed by atoms with E-state index in [-0.39, 0.29) is 16.9 Å². The summed E-state index contributed by atoms with van der Waals surface area (Å²) in [6, 6.07) is 14.2. The summed E-state index contributed by atoms with van der Waals surface area (Å²) >= 11 is 0. The van der Waals surface area contributed by atoms with E-state index in [0.29, 0.717) is 36.9 Å². The van der Waals surface area contributed by atoms with Gasteiger partial charge in [0.2, 0.25) is 10.0 Å². The number of rotatable bonds is 12. The minimum Gasteiger partial charge on any atom is -0.466 e. The molecule has 1 aromatic heterocycles. The molecule has 0 radical (unpaired) electrons. The summed E-state index contributed by atoms with van der Waals surface area (Å²) in [5.74, 6) is 0.620. The second-order valence-electron chi connectivity index (χ2n) is 8.65. The van der Waals surface area contributed by atoms with E-state index in [1.807, 2.05) is 30.7 Å². The Labute approximate surface area is 207 Å². The minimum atomic E-state index is -3.69. The van der Waals surface area contributed by atoms with Crippen molar-refractivity contribution in [3.8, 4) is 6.07 Å². The Morgan fingerprint density at radius 2 is 1.91 bits per heavy atom. The molecule has 2 aromatic carbocycles. The van der Waals surface area contributed by atoms with Gasteiger partial charge in [0.05, 0.1) is 34.2 Å². The van der Waals surface area contributed by atoms with Gasteiger partial charge < -0.3 is 9.30 Å². The highest BCUT2D eigenvalue weighted by Gasteiger charge is 2.19. The molecular formula is C26H32N4O4S. The van der Waals surface area contributed by atoms with E-state index in [1.54, 1.807) is 37.3 Å². The van der Waals surface area contributed by atoms with Crippen molar-refractivity contribution in [3.05, 3.63) is 59.4 Å². The maximum Gasteiger partial charge on any atom is 0.305 e. The normalized spacial score (nSPS) is 12.4. The van der Waals surface area contributed by atoms with Crippen LogP contribution in [-0.2, 0) is 33.0 Å². The SMILES string of the molecule is CCOC(=O)CCCCCC(C)NS(=O)(=O)c1ccc2c(c1)nc(Cc1ccc(C#N)cc1)n2C. The van der Waals surface area contributed by atoms with Gasteiger partial charge in [-0.3, -0.25) is 4.79 Å². The number of nitrogens with one attached hydrogen (secondary N) is 1. The molecule has 1 unspecified atom stereocenters. The predicted molar refractivity (Wildman–Crippen MR) is 134 cm³/mol. The monoisotopic (exact) mass is 496 g/mol. The molecule has 1 atom stereocenters. The molecule has 0 aliphatic rings. The van der Waals surface area contributed by atoms with Crippen molar-refractivity contribution in [1.29, 1.82) is 5.26 Å². The first-order chi connectivity index (χ1) is 16.7. The lowest BCUT2D eigenvalue weighted by Crippen LogP contribution is -2.32. The number of unbranched alkanes of at least 4 members (excludes halogenated alkanes) is 2. The first-order valence-electron chi connectivity index (χ1n) is 11.9. The molecule has 35 heavy (non-hydrogen) atoms. The number of carbonyl (C=O) groups is 1. The lowest BCUT2D eigenvalue weighted by atomic mass is 10.1. The summed E-state index contributed by atoms with van der Waals surface area (Å²) in [4.78, 5) is 16.2. The topological polar surface area (TPSA) is 114 Å². The summed E-state index contributed by atoms with van der Waals surface area (Å²) < 4.78 is 35.5. The highest BCUT2D eigenvalue weighted by molar-refractivity contribution is 7.89. The third kappa shape index (κ3) is 7.13. The number of nitriles is 1. The van der Waals surface area contributed by atoms with E-state index < -0.39 is 10.0 Å². The summed E-state index contributed by atoms with van der Waals surface area (Å²) in [5.41, 5.74) is 3.09. The van der Waals surface area contributed by atoms with Crippen molar-refractivity contribution in [1.82, 2.24) is 14.3 Å². The van der Waals surface area contributed by atoms with Crippen LogP contribution in [0.15, 0.2) is 47.4 Å². The second-order valence-corrected chi connectivity index (χ2v) is 10.4. The van der Waals surface area contributed by atoms with Crippen LogP contribution in [0.2, 0.25) is 0 Å². The van der Waals surface area contributed by atoms with Crippen LogP contribution >= 0.6 is 0 Å². The van der Waals surface area contributed by atoms with Crippen LogP contribution in [0, 0.1) is 11.3 Å². The Hall–Kier alpha value is -3.22. The molecule has 0 aliphatic carbocycles. The Bertz CT molecular complexity index is 1310. The van der Waals surface area contributed by atoms with Gasteiger partial charge in [-0.2, -0.15) is 5.26 Å². The molecule has 1 heterocycles. The summed E-state index contributed by atoms with van der Waals surface area (Å²) in [6.45, 7) is 4.02. The number of carbonyl (C=O) groups excluding carboxylic acids is 1. The fourth-order valence-electron chi connectivity index (χ4n) is 3.96. The van der Waals surface area contributed by atoms with E-state index in [4.69, 9.17) is 10.00 Å². The summed E-state index contributed by atoms with van der Waals surface area (Å²) in [7, 11) is -1.78. The number of ether oxygens (including phenoxy) is 1. The van der Waals surface area contributed by atoms with Gasteiger partial charge in [-0.15, -0.1) is 0 Å². The maximum atomic E-state index is 12.9. The predicted octanol–water partition coefficient (Wildman–Crippen LogP) is 4.22. The van der Waals surface area contributed by atoms with Crippen molar-refractivity contribution in [2.75, 3.05) is 6.61 Å². The first-order valence-corrected chi connectivity index (χ1v) is 13.3. The highest BCUT2D eigenvalue weighted by atomic mass is 32.2. The zero-order valence-electron chi connectivity index (χ0n) is 20.5. The number of imidazole rings is 1. The summed E-state index contributed by atoms with van der Waals surface area (Å²) in [5, 5.41) is 8.97. The second kappa shape index (κ2) is 12.0. The molecule has 0 aliphatic heterocycles. The Morgan fingerprint density at radius 3 is 2.60 bits per heavy atom. The van der Waals surface area contributed by atoms with Gasteiger partial charge in [0, 0.05) is 25.9 Å². The van der Waals surface area contributed by atoms with Gasteiger partial charge in [0.1, 0.15) is 5.82 Å². The lowest BCUT2D eigenvalue weighted by Gasteiger charge is -2.14. The van der Waals surface area contributed by atoms with Gasteiger partial charge in [-0.1, -0.05) is 25.0 Å². The molecule has 0 saturated carbocycles. The number of nitrogens with zero attached hydrogens (tertiary/aromatic N) is 3. The number of hydrogen-bond acceptors (Lipinski definition) is 6. The zero-order chi connectivity index (χ0) is 25.4. The van der Waals surface area contributed by atoms with E-state index in [9.17, 15) is 13.2 Å². The van der Waals surface area contributed by atoms with E-state index >= 15 is 0 Å². The fourth-order valence-corrected chi connectivity index (χ4v) is 5.25. The van der Waals surface area contributed by atoms with Crippen LogP contribution in [0.1, 0.15) is 62.9 Å². The molecule has 0 saturated heterocycles. The number of esters is 1. The van der Waals surface area contributed by atoms with Crippen molar-refractivity contribution < 1.29 is 17.9 Å². The van der Waals surface area contributed by atoms with Crippen LogP contribution in [0.5, 0.6) is 0 Å². The Morgan fingerprint density at radius 1 is 1.17 bits per heavy atom. The highest BCUT2D eigenvalue weighted by Crippen LogP contribution is 2.22. The van der Waals surface area contributed by atoms with Crippen LogP contribution in [0.25, 0.3) is 11.0 Å². The van der Waals surface area contributed by atoms with Gasteiger partial charge in [-0.25, -0.2) is 18.1 Å². The van der Waals surface area contributed by atoms with Crippen LogP contribution in [-0.4, -0.2) is 36.6 Å². The van der Waals surface area contributed by atoms with Gasteiger partial charge in [0.15, 0.2) is 0 Å². The quantitative estimate of drug-likeness (QED) is 0.297. The van der Waals surface area contributed by atoms with E-state index in [0.717, 1.165) is 36.2 Å². The standard InChI is InChI=1S/C26H32N4O4S/c1-4-34-26(31)9-7-5-6-8-19(2)29-35(32,33)22-14-15-24-23(17-22)28-25(30(24)3)16-20-10-12-21(18-27)13-11-20/h10-15,17,19,29H,4-9,16H2,1-3H3. The van der Waals surface area contributed by atoms with E-state index in [1.165, 1.54) is 0 Å². The smallest absolute Gasteiger partial charge is 0.305 e. The number of aromatic nitrogens is 2. The number of fused-ring (bicyclic) bond motifs is 1. The molecule has 186 valence electrons. The van der Waals surface area contributed by atoms with Crippen LogP contribution < -0.4 is 4.72 Å². The van der Waals surface area contributed by atoms with Crippen molar-refractivity contribution in [2.45, 2.75) is 63.3 Å². The molecule has 8 nitrogen and oxygen atoms in total. The molecular weight excluding hydrogens is 464 g/mol. The molecule has 0 bridgehead atoms. The molecule has 0 amide bonds. The fraction of sp³-hybridized carbons (Fsp3) is 0.423. The number of sulfonamides is 1. The molecule has 0 fully saturated rings. The average molecular weight is 497 g/mol. The first kappa shape index (κ1) is 26.4. The zero-order valence-corrected chi connectivity index (χ0v) is 21.3. The van der Waals surface area contributed by atoms with Crippen LogP contribution in [0.3, 0.4) is 0 Å². The largest absolute Gasteiger partial charge is 0.466 e. The van der Waals surface area contributed by atoms with Crippen molar-refractivity contribution in [2.24, 2.45) is 7.05 Å². The average Bonchev–Trinajstić information content (AvgIpc) is 3.13. The summed E-state index contributed by atoms with van der Waals surface area (Å²) in [6.07, 6.45) is 4.05. The molecule has 3 rings (SSSR count). The Kier molecular flexibility index (Phi) is 9.01. The van der Waals surface area contributed by atoms with Crippen molar-refractivity contribution >= 4 is 27.0 Å². The third-order valence-electron chi connectivity index (χ3n) is 5.88. The number of hydrogen-bond donors (Lipinski definition) is 1. The number of benzene rings is 2. The Balaban J connectivity index is 1.62. The van der Waals surface area contributed by atoms with E-state index in [2.05, 4.69) is 15.8 Å². The maximum absolute atomic E-state index is 12.9. The van der Waals surface area contributed by atoms with Gasteiger partial charge >= 0.3 is 5.97 Å². The molecule has 9 heteroatoms. The van der Waals surface area contributed by atoms with Crippen molar-refractivity contribution in [3.63, 3.8) is 0 Å². The lowest BCUT2D eigenvalue weighted by molar-refractivity contribution is -0.143. The van der Waals surface area contributed by atoms with Gasteiger partial charge in [-0.05, 0) is 62.6 Å². The molecule has 1 N–H and O–H groups in total. The number of aryl methyl sites for hydroxylation is 1. The van der Waals surface area contributed by atoms with Gasteiger partial charge in [0.25, 0.3) is 0 Å². The molecule has 0 spiro atoms. The minimum absolute atomic E-state index is 0.183. The van der Waals surface area contributed by atoms with Crippen LogP contribution in [0.4, 0.5) is 0 Å². The molecule has 3 aromatic rings. The third-order valence-corrected chi connectivity index (χ3v) is 7.47.